The Morgan fingerprint density at radius 2 is 1.97 bits per heavy atom. The number of nitrogens with one attached hydrogen (secondary N) is 1. The molecule has 3 aromatic heterocycles. The molecular weight excluding hydrogens is 452 g/mol. The molecule has 0 fully saturated rings. The minimum absolute atomic E-state index is 0.00471. The van der Waals surface area contributed by atoms with Crippen LogP contribution in [0.4, 0.5) is 5.82 Å². The van der Waals surface area contributed by atoms with Gasteiger partial charge in [-0.15, -0.1) is 16.4 Å². The van der Waals surface area contributed by atoms with Gasteiger partial charge in [0.1, 0.15) is 5.69 Å². The van der Waals surface area contributed by atoms with Crippen LogP contribution in [0.1, 0.15) is 16.1 Å². The monoisotopic (exact) mass is 470 g/mol. The highest BCUT2D eigenvalue weighted by Gasteiger charge is 2.25. The van der Waals surface area contributed by atoms with Crippen molar-refractivity contribution in [2.75, 3.05) is 27.1 Å². The molecule has 0 saturated carbocycles. The molecule has 0 saturated heterocycles. The first-order valence-corrected chi connectivity index (χ1v) is 10.2. The number of carbonyl (C=O) groups is 1. The molecule has 0 aliphatic heterocycles. The number of thiophene rings is 1. The van der Waals surface area contributed by atoms with Crippen molar-refractivity contribution >= 4 is 29.3 Å². The van der Waals surface area contributed by atoms with Gasteiger partial charge in [0.15, 0.2) is 17.2 Å². The lowest BCUT2D eigenvalue weighted by Gasteiger charge is -2.12. The second-order valence-electron chi connectivity index (χ2n) is 6.31. The van der Waals surface area contributed by atoms with E-state index >= 15 is 0 Å². The second-order valence-corrected chi connectivity index (χ2v) is 7.25. The van der Waals surface area contributed by atoms with Gasteiger partial charge >= 0.3 is 0 Å². The third-order valence-corrected chi connectivity index (χ3v) is 5.28. The fraction of sp³-hybridized carbons (Fsp3) is 0.158. The Morgan fingerprint density at radius 1 is 1.21 bits per heavy atom. The molecule has 0 unspecified atom stereocenters. The summed E-state index contributed by atoms with van der Waals surface area (Å²) in [7, 11) is 4.52. The molecule has 0 bridgehead atoms. The van der Waals surface area contributed by atoms with Crippen molar-refractivity contribution in [3.63, 3.8) is 0 Å². The van der Waals surface area contributed by atoms with Crippen molar-refractivity contribution < 1.29 is 23.6 Å². The Balaban J connectivity index is 1.62. The summed E-state index contributed by atoms with van der Waals surface area (Å²) in [4.78, 5) is 13.6. The largest absolute Gasteiger partial charge is 0.493 e. The normalized spacial score (nSPS) is 11.0. The third kappa shape index (κ3) is 4.18. The van der Waals surface area contributed by atoms with Crippen LogP contribution in [0.15, 0.2) is 39.4 Å². The summed E-state index contributed by atoms with van der Waals surface area (Å²) in [5.41, 5.74) is 9.22. The van der Waals surface area contributed by atoms with Gasteiger partial charge in [-0.1, -0.05) is 11.3 Å². The van der Waals surface area contributed by atoms with Crippen LogP contribution in [-0.4, -0.2) is 58.8 Å². The summed E-state index contributed by atoms with van der Waals surface area (Å²) in [6.45, 7) is 0. The highest BCUT2D eigenvalue weighted by atomic mass is 32.1. The molecule has 1 amide bonds. The number of methoxy groups -OCH3 is 3. The highest BCUT2D eigenvalue weighted by molar-refractivity contribution is 7.13. The van der Waals surface area contributed by atoms with Gasteiger partial charge < -0.3 is 19.9 Å². The van der Waals surface area contributed by atoms with Gasteiger partial charge in [-0.2, -0.15) is 9.78 Å². The van der Waals surface area contributed by atoms with Crippen LogP contribution in [0.25, 0.3) is 16.4 Å². The number of rotatable bonds is 8. The Morgan fingerprint density at radius 3 is 2.55 bits per heavy atom. The number of carbonyl (C=O) groups excluding carboxylic acids is 1. The molecular formula is C19H18N8O5S. The van der Waals surface area contributed by atoms with Crippen LogP contribution in [0, 0.1) is 0 Å². The maximum atomic E-state index is 12.9. The zero-order chi connectivity index (χ0) is 23.4. The molecule has 0 atom stereocenters. The number of anilines is 1. The molecule has 4 aromatic rings. The van der Waals surface area contributed by atoms with E-state index in [1.165, 1.54) is 43.6 Å². The van der Waals surface area contributed by atoms with Crippen LogP contribution in [0.5, 0.6) is 17.2 Å². The molecule has 0 spiro atoms. The molecule has 33 heavy (non-hydrogen) atoms. The quantitative estimate of drug-likeness (QED) is 0.286. The van der Waals surface area contributed by atoms with E-state index in [9.17, 15) is 4.79 Å². The molecule has 3 heterocycles. The number of hydrazone groups is 1. The number of nitrogens with zero attached hydrogens (tertiary/aromatic N) is 6. The fourth-order valence-electron chi connectivity index (χ4n) is 2.95. The van der Waals surface area contributed by atoms with E-state index in [2.05, 4.69) is 35.8 Å². The summed E-state index contributed by atoms with van der Waals surface area (Å²) in [6.07, 6.45) is 1.43. The summed E-state index contributed by atoms with van der Waals surface area (Å²) in [5, 5.41) is 21.1. The van der Waals surface area contributed by atoms with E-state index in [1.807, 2.05) is 11.4 Å². The Bertz CT molecular complexity index is 1270. The zero-order valence-electron chi connectivity index (χ0n) is 17.7. The van der Waals surface area contributed by atoms with Crippen molar-refractivity contribution in [1.82, 2.24) is 30.7 Å². The topological polar surface area (TPSA) is 165 Å². The maximum Gasteiger partial charge on any atom is 0.294 e. The number of hydrogen-bond acceptors (Lipinski definition) is 12. The van der Waals surface area contributed by atoms with Gasteiger partial charge in [0, 0.05) is 5.56 Å². The molecule has 4 rings (SSSR count). The fourth-order valence-corrected chi connectivity index (χ4v) is 3.71. The van der Waals surface area contributed by atoms with Crippen LogP contribution < -0.4 is 25.4 Å². The number of nitrogen functional groups attached to an aromatic ring is 1. The predicted octanol–water partition coefficient (Wildman–Crippen LogP) is 1.75. The van der Waals surface area contributed by atoms with E-state index in [0.717, 1.165) is 0 Å². The number of benzene rings is 1. The van der Waals surface area contributed by atoms with E-state index in [1.54, 1.807) is 18.2 Å². The van der Waals surface area contributed by atoms with E-state index < -0.39 is 5.91 Å². The molecule has 0 aliphatic carbocycles. The van der Waals surface area contributed by atoms with Gasteiger partial charge in [-0.3, -0.25) is 4.79 Å². The van der Waals surface area contributed by atoms with Crippen molar-refractivity contribution in [3.05, 3.63) is 40.9 Å². The average molecular weight is 470 g/mol. The lowest BCUT2D eigenvalue weighted by atomic mass is 10.2. The van der Waals surface area contributed by atoms with Crippen LogP contribution in [-0.2, 0) is 0 Å². The predicted molar refractivity (Wildman–Crippen MR) is 118 cm³/mol. The van der Waals surface area contributed by atoms with E-state index in [-0.39, 0.29) is 17.3 Å². The Labute approximate surface area is 190 Å². The maximum absolute atomic E-state index is 12.9. The minimum atomic E-state index is -0.594. The smallest absolute Gasteiger partial charge is 0.294 e. The first-order valence-electron chi connectivity index (χ1n) is 9.28. The van der Waals surface area contributed by atoms with Gasteiger partial charge in [0.2, 0.25) is 17.4 Å². The summed E-state index contributed by atoms with van der Waals surface area (Å²) in [6, 6.07) is 7.00. The molecule has 3 N–H and O–H groups in total. The second kappa shape index (κ2) is 9.35. The lowest BCUT2D eigenvalue weighted by Crippen LogP contribution is -2.19. The first kappa shape index (κ1) is 21.8. The first-order chi connectivity index (χ1) is 16.1. The molecule has 0 radical (unpaired) electrons. The molecule has 13 nitrogen and oxygen atoms in total. The number of nitrogens with two attached hydrogens (primary N) is 1. The van der Waals surface area contributed by atoms with Crippen LogP contribution in [0.3, 0.4) is 0 Å². The van der Waals surface area contributed by atoms with Crippen molar-refractivity contribution in [3.8, 4) is 33.6 Å². The van der Waals surface area contributed by atoms with Crippen LogP contribution >= 0.6 is 11.3 Å². The van der Waals surface area contributed by atoms with Crippen LogP contribution in [0.2, 0.25) is 0 Å². The average Bonchev–Trinajstić information content (AvgIpc) is 3.58. The highest BCUT2D eigenvalue weighted by Crippen LogP contribution is 2.37. The van der Waals surface area contributed by atoms with Gasteiger partial charge in [0.25, 0.3) is 5.91 Å². The third-order valence-electron chi connectivity index (χ3n) is 4.40. The molecule has 14 heteroatoms. The molecule has 1 aromatic carbocycles. The van der Waals surface area contributed by atoms with E-state index in [0.29, 0.717) is 33.4 Å². The number of aromatic nitrogens is 5. The lowest BCUT2D eigenvalue weighted by molar-refractivity contribution is 0.0951. The van der Waals surface area contributed by atoms with Gasteiger partial charge in [0.05, 0.1) is 32.4 Å². The Kier molecular flexibility index (Phi) is 6.17. The number of amides is 1. The van der Waals surface area contributed by atoms with Crippen molar-refractivity contribution in [1.29, 1.82) is 0 Å². The summed E-state index contributed by atoms with van der Waals surface area (Å²) >= 11 is 1.38. The summed E-state index contributed by atoms with van der Waals surface area (Å²) in [5.74, 6) is 0.872. The SMILES string of the molecule is COc1cc(/C=N/NC(=O)c2nnn(-c3nonc3N)c2-c2cccs2)cc(OC)c1OC. The molecule has 0 aliphatic rings. The zero-order valence-corrected chi connectivity index (χ0v) is 18.5. The minimum Gasteiger partial charge on any atom is -0.493 e. The Hall–Kier alpha value is -4.46. The van der Waals surface area contributed by atoms with Gasteiger partial charge in [-0.05, 0) is 33.9 Å². The standard InChI is InChI=1S/C19H18N8O5S/c1-29-11-7-10(8-12(30-2)16(11)31-3)9-21-23-19(28)14-15(13-5-4-6-33-13)27(26-22-14)18-17(20)24-32-25-18/h4-9H,1-3H3,(H2,20,24)(H,23,28)/b21-9+. The molecule has 170 valence electrons. The van der Waals surface area contributed by atoms with Gasteiger partial charge in [-0.25, -0.2) is 10.1 Å². The number of ether oxygens (including phenoxy) is 3. The van der Waals surface area contributed by atoms with Crippen molar-refractivity contribution in [2.24, 2.45) is 5.10 Å². The number of hydrogen-bond donors (Lipinski definition) is 2. The summed E-state index contributed by atoms with van der Waals surface area (Å²) < 4.78 is 21.9. The van der Waals surface area contributed by atoms with Crippen molar-refractivity contribution in [2.45, 2.75) is 0 Å². The van der Waals surface area contributed by atoms with E-state index in [4.69, 9.17) is 19.9 Å².